The standard InChI is InChI=1S/C40H57N7O12S2/c1-2-60-61-27-34(38(42)51)46-39(52)33(45-37(50)25-57-22-20-55-18-16-44-35(48)24-56-21-19-54-17-14-41)13-7-8-15-43-36(49)26-59-47-40(53)58-23-32-30-11-5-3-9-28(30)29-10-4-6-12-31(29)32/h3-6,9-13,32,34H,2,7-8,14-27,41H2,1H3,(H2,42,51)(H,43,49)(H,44,48)(H,45,50)(H,46,52)(H,47,53)/b33-13+/t34-/m0/s1. The normalized spacial score (nSPS) is 12.5. The summed E-state index contributed by atoms with van der Waals surface area (Å²) >= 11 is 0. The van der Waals surface area contributed by atoms with Gasteiger partial charge in [-0.05, 0) is 35.1 Å². The van der Waals surface area contributed by atoms with Crippen LogP contribution in [0.5, 0.6) is 0 Å². The van der Waals surface area contributed by atoms with Crippen LogP contribution in [-0.2, 0) is 52.5 Å². The van der Waals surface area contributed by atoms with Gasteiger partial charge < -0.3 is 56.4 Å². The van der Waals surface area contributed by atoms with E-state index in [1.54, 1.807) is 0 Å². The summed E-state index contributed by atoms with van der Waals surface area (Å²) in [6.07, 6.45) is 1.21. The molecule has 6 amide bonds. The fraction of sp³-hybridized carbons (Fsp3) is 0.500. The lowest BCUT2D eigenvalue weighted by atomic mass is 9.98. The molecule has 19 nitrogen and oxygen atoms in total. The first-order valence-corrected chi connectivity index (χ1v) is 22.2. The highest BCUT2D eigenvalue weighted by atomic mass is 33.1. The number of hydrogen-bond donors (Lipinski definition) is 7. The van der Waals surface area contributed by atoms with Crippen molar-refractivity contribution in [1.29, 1.82) is 0 Å². The topological polar surface area (TPSA) is 270 Å². The van der Waals surface area contributed by atoms with Gasteiger partial charge in [-0.25, -0.2) is 4.79 Å². The van der Waals surface area contributed by atoms with Crippen LogP contribution in [0.25, 0.3) is 11.1 Å². The molecule has 1 aliphatic carbocycles. The van der Waals surface area contributed by atoms with E-state index >= 15 is 0 Å². The molecule has 336 valence electrons. The summed E-state index contributed by atoms with van der Waals surface area (Å²) in [7, 11) is 2.87. The smallest absolute Gasteiger partial charge is 0.431 e. The maximum absolute atomic E-state index is 13.2. The number of hydroxylamine groups is 1. The Bertz CT molecular complexity index is 1690. The fourth-order valence-corrected chi connectivity index (χ4v) is 7.44. The number of unbranched alkanes of at least 4 members (excludes halogenated alkanes) is 1. The Balaban J connectivity index is 1.35. The number of carbonyl (C=O) groups is 6. The number of nitrogens with one attached hydrogen (secondary N) is 5. The van der Waals surface area contributed by atoms with Crippen LogP contribution in [0.4, 0.5) is 4.79 Å². The van der Waals surface area contributed by atoms with Crippen molar-refractivity contribution in [1.82, 2.24) is 26.7 Å². The highest BCUT2D eigenvalue weighted by Crippen LogP contribution is 2.44. The van der Waals surface area contributed by atoms with Crippen LogP contribution in [-0.4, -0.2) is 139 Å². The van der Waals surface area contributed by atoms with Gasteiger partial charge in [0, 0.05) is 37.1 Å². The summed E-state index contributed by atoms with van der Waals surface area (Å²) in [4.78, 5) is 79.4. The number of amides is 6. The molecule has 0 bridgehead atoms. The number of hydrogen-bond acceptors (Lipinski definition) is 15. The zero-order valence-electron chi connectivity index (χ0n) is 34.2. The van der Waals surface area contributed by atoms with Crippen molar-refractivity contribution in [2.24, 2.45) is 11.5 Å². The second-order valence-electron chi connectivity index (χ2n) is 13.0. The Morgan fingerprint density at radius 2 is 1.36 bits per heavy atom. The Morgan fingerprint density at radius 1 is 0.754 bits per heavy atom. The van der Waals surface area contributed by atoms with E-state index in [0.29, 0.717) is 26.2 Å². The van der Waals surface area contributed by atoms with Crippen LogP contribution in [0.15, 0.2) is 60.3 Å². The molecule has 0 radical (unpaired) electrons. The lowest BCUT2D eigenvalue weighted by Gasteiger charge is -2.17. The van der Waals surface area contributed by atoms with Gasteiger partial charge in [-0.2, -0.15) is 5.48 Å². The number of allylic oxidation sites excluding steroid dienone is 1. The Morgan fingerprint density at radius 3 is 2.02 bits per heavy atom. The van der Waals surface area contributed by atoms with E-state index in [-0.39, 0.29) is 82.4 Å². The van der Waals surface area contributed by atoms with E-state index in [2.05, 4.69) is 26.7 Å². The van der Waals surface area contributed by atoms with Crippen molar-refractivity contribution >= 4 is 57.2 Å². The minimum Gasteiger partial charge on any atom is -0.447 e. The predicted molar refractivity (Wildman–Crippen MR) is 230 cm³/mol. The zero-order chi connectivity index (χ0) is 44.1. The average molecular weight is 892 g/mol. The van der Waals surface area contributed by atoms with E-state index in [0.717, 1.165) is 28.0 Å². The molecular weight excluding hydrogens is 835 g/mol. The molecule has 2 aromatic carbocycles. The minimum absolute atomic E-state index is 0.0548. The number of rotatable bonds is 32. The van der Waals surface area contributed by atoms with Gasteiger partial charge in [0.05, 0.1) is 39.6 Å². The summed E-state index contributed by atoms with van der Waals surface area (Å²) in [5.41, 5.74) is 17.1. The van der Waals surface area contributed by atoms with Crippen LogP contribution in [0, 0.1) is 0 Å². The summed E-state index contributed by atoms with van der Waals surface area (Å²) in [5.74, 6) is -2.05. The third kappa shape index (κ3) is 20.1. The maximum atomic E-state index is 13.2. The number of ether oxygens (including phenoxy) is 5. The fourth-order valence-electron chi connectivity index (χ4n) is 5.60. The van der Waals surface area contributed by atoms with Gasteiger partial charge in [0.25, 0.3) is 11.8 Å². The molecule has 2 aromatic rings. The van der Waals surface area contributed by atoms with E-state index in [9.17, 15) is 28.8 Å². The van der Waals surface area contributed by atoms with Crippen LogP contribution in [0.2, 0.25) is 0 Å². The Kier molecular flexibility index (Phi) is 25.2. The third-order valence-corrected chi connectivity index (χ3v) is 10.9. The van der Waals surface area contributed by atoms with E-state index in [1.807, 2.05) is 55.5 Å². The number of nitrogens with two attached hydrogens (primary N) is 2. The van der Waals surface area contributed by atoms with Crippen molar-refractivity contribution in [3.05, 3.63) is 71.4 Å². The molecule has 21 heteroatoms. The first kappa shape index (κ1) is 50.6. The average Bonchev–Trinajstić information content (AvgIpc) is 3.57. The Hall–Kier alpha value is -4.74. The molecule has 0 spiro atoms. The van der Waals surface area contributed by atoms with E-state index < -0.39 is 49.0 Å². The molecule has 0 heterocycles. The van der Waals surface area contributed by atoms with Gasteiger partial charge in [-0.15, -0.1) is 0 Å². The monoisotopic (exact) mass is 891 g/mol. The van der Waals surface area contributed by atoms with Crippen LogP contribution in [0.3, 0.4) is 0 Å². The first-order chi connectivity index (χ1) is 29.6. The van der Waals surface area contributed by atoms with Gasteiger partial charge in [-0.3, -0.25) is 28.8 Å². The lowest BCUT2D eigenvalue weighted by molar-refractivity contribution is -0.128. The molecule has 0 aliphatic heterocycles. The van der Waals surface area contributed by atoms with Gasteiger partial charge in [-0.1, -0.05) is 83.1 Å². The highest BCUT2D eigenvalue weighted by molar-refractivity contribution is 8.76. The number of fused-ring (bicyclic) bond motifs is 3. The lowest BCUT2D eigenvalue weighted by Crippen LogP contribution is -2.48. The number of benzene rings is 2. The molecule has 0 aromatic heterocycles. The van der Waals surface area contributed by atoms with Gasteiger partial charge in [0.2, 0.25) is 17.7 Å². The molecule has 0 saturated carbocycles. The SMILES string of the molecule is CCSSC[C@H](NC(=O)/C(=C\CCCNC(=O)CONC(=O)OCC1c2ccccc2-c2ccccc21)NC(=O)COCCOCCNC(=O)COCCOCCN)C(N)=O. The molecule has 0 saturated heterocycles. The molecule has 1 aliphatic rings. The maximum Gasteiger partial charge on any atom is 0.431 e. The van der Waals surface area contributed by atoms with Crippen LogP contribution < -0.4 is 38.2 Å². The van der Waals surface area contributed by atoms with Crippen LogP contribution in [0.1, 0.15) is 36.8 Å². The zero-order valence-corrected chi connectivity index (χ0v) is 35.9. The summed E-state index contributed by atoms with van der Waals surface area (Å²) in [6.45, 7) is 3.31. The van der Waals surface area contributed by atoms with Gasteiger partial charge in [0.1, 0.15) is 31.6 Å². The minimum atomic E-state index is -0.995. The van der Waals surface area contributed by atoms with Crippen molar-refractivity contribution in [3.8, 4) is 11.1 Å². The molecule has 9 N–H and O–H groups in total. The van der Waals surface area contributed by atoms with Crippen molar-refractivity contribution < 1.29 is 57.3 Å². The summed E-state index contributed by atoms with van der Waals surface area (Å²) < 4.78 is 26.5. The van der Waals surface area contributed by atoms with Gasteiger partial charge >= 0.3 is 6.09 Å². The van der Waals surface area contributed by atoms with Gasteiger partial charge in [0.15, 0.2) is 6.61 Å². The molecule has 0 fully saturated rings. The number of primary amides is 1. The van der Waals surface area contributed by atoms with Crippen molar-refractivity contribution in [2.45, 2.75) is 31.7 Å². The van der Waals surface area contributed by atoms with E-state index in [1.165, 1.54) is 27.7 Å². The predicted octanol–water partition coefficient (Wildman–Crippen LogP) is 0.866. The molecule has 0 unspecified atom stereocenters. The molecular formula is C40H57N7O12S2. The summed E-state index contributed by atoms with van der Waals surface area (Å²) in [6, 6.07) is 14.9. The quantitative estimate of drug-likeness (QED) is 0.0233. The van der Waals surface area contributed by atoms with Crippen molar-refractivity contribution in [2.75, 3.05) is 97.2 Å². The third-order valence-electron chi connectivity index (χ3n) is 8.40. The highest BCUT2D eigenvalue weighted by Gasteiger charge is 2.29. The Labute approximate surface area is 363 Å². The first-order valence-electron chi connectivity index (χ1n) is 19.8. The second kappa shape index (κ2) is 30.3. The van der Waals surface area contributed by atoms with Crippen molar-refractivity contribution in [3.63, 3.8) is 0 Å². The van der Waals surface area contributed by atoms with E-state index in [4.69, 9.17) is 40.0 Å². The molecule has 61 heavy (non-hydrogen) atoms. The second-order valence-corrected chi connectivity index (χ2v) is 15.8. The summed E-state index contributed by atoms with van der Waals surface area (Å²) in [5, 5.41) is 10.4. The molecule has 3 rings (SSSR count). The molecule has 1 atom stereocenters. The largest absolute Gasteiger partial charge is 0.447 e. The number of carbonyl (C=O) groups excluding carboxylic acids is 6. The van der Waals surface area contributed by atoms with Crippen LogP contribution >= 0.6 is 21.6 Å².